The van der Waals surface area contributed by atoms with E-state index in [9.17, 15) is 4.79 Å². The van der Waals surface area contributed by atoms with Crippen LogP contribution in [0.2, 0.25) is 0 Å². The molecule has 0 atom stereocenters. The van der Waals surface area contributed by atoms with Gasteiger partial charge in [0.15, 0.2) is 5.82 Å². The van der Waals surface area contributed by atoms with Crippen LogP contribution in [0.15, 0.2) is 53.7 Å². The molecule has 0 bridgehead atoms. The van der Waals surface area contributed by atoms with Crippen molar-refractivity contribution in [3.8, 4) is 5.82 Å². The van der Waals surface area contributed by atoms with Crippen LogP contribution in [0.25, 0.3) is 5.82 Å². The van der Waals surface area contributed by atoms with Crippen LogP contribution in [0, 0.1) is 6.92 Å². The van der Waals surface area contributed by atoms with Crippen LogP contribution < -0.4 is 10.2 Å². The largest absolute Gasteiger partial charge is 0.353 e. The summed E-state index contributed by atoms with van der Waals surface area (Å²) >= 11 is 1.65. The van der Waals surface area contributed by atoms with Crippen molar-refractivity contribution in [2.75, 3.05) is 42.7 Å². The van der Waals surface area contributed by atoms with Gasteiger partial charge < -0.3 is 15.1 Å². The zero-order valence-corrected chi connectivity index (χ0v) is 17.3. The Morgan fingerprint density at radius 1 is 1.07 bits per heavy atom. The minimum atomic E-state index is -0.0704. The number of piperazine rings is 1. The topological polar surface area (TPSA) is 79.2 Å². The highest BCUT2D eigenvalue weighted by molar-refractivity contribution is 7.98. The van der Waals surface area contributed by atoms with Crippen LogP contribution in [-0.4, -0.2) is 63.1 Å². The number of benzene rings is 1. The Bertz CT molecular complexity index is 984. The Hall–Kier alpha value is -3.07. The van der Waals surface area contributed by atoms with Crippen LogP contribution in [0.3, 0.4) is 0 Å². The number of nitrogens with zero attached hydrogens (tertiary/aromatic N) is 6. The Morgan fingerprint density at radius 2 is 1.86 bits per heavy atom. The summed E-state index contributed by atoms with van der Waals surface area (Å²) in [6.45, 7) is 4.58. The van der Waals surface area contributed by atoms with Gasteiger partial charge in [-0.2, -0.15) is 5.10 Å². The van der Waals surface area contributed by atoms with Gasteiger partial charge in [0.2, 0.25) is 0 Å². The summed E-state index contributed by atoms with van der Waals surface area (Å²) in [7, 11) is 0. The zero-order chi connectivity index (χ0) is 20.2. The number of hydrogen-bond donors (Lipinski definition) is 1. The number of hydrogen-bond acceptors (Lipinski definition) is 6. The lowest BCUT2D eigenvalue weighted by atomic mass is 10.3. The van der Waals surface area contributed by atoms with Crippen molar-refractivity contribution in [3.63, 3.8) is 0 Å². The fourth-order valence-corrected chi connectivity index (χ4v) is 3.72. The molecule has 1 N–H and O–H groups in total. The van der Waals surface area contributed by atoms with Gasteiger partial charge in [-0.3, -0.25) is 0 Å². The van der Waals surface area contributed by atoms with Gasteiger partial charge in [0.25, 0.3) is 0 Å². The van der Waals surface area contributed by atoms with E-state index in [2.05, 4.69) is 25.3 Å². The third kappa shape index (κ3) is 4.51. The number of carbonyl (C=O) groups excluding carboxylic acids is 1. The van der Waals surface area contributed by atoms with Crippen molar-refractivity contribution in [2.24, 2.45) is 0 Å². The highest BCUT2D eigenvalue weighted by Crippen LogP contribution is 2.20. The molecular weight excluding hydrogens is 386 g/mol. The Kier molecular flexibility index (Phi) is 5.66. The molecule has 0 unspecified atom stereocenters. The Labute approximate surface area is 173 Å². The lowest BCUT2D eigenvalue weighted by Crippen LogP contribution is -2.50. The van der Waals surface area contributed by atoms with Crippen molar-refractivity contribution in [1.29, 1.82) is 0 Å². The molecule has 150 valence electrons. The predicted octanol–water partition coefficient (Wildman–Crippen LogP) is 3.05. The number of nitrogens with one attached hydrogen (secondary N) is 1. The molecule has 1 fully saturated rings. The zero-order valence-electron chi connectivity index (χ0n) is 16.4. The van der Waals surface area contributed by atoms with E-state index in [0.29, 0.717) is 32.0 Å². The summed E-state index contributed by atoms with van der Waals surface area (Å²) < 4.78 is 1.73. The van der Waals surface area contributed by atoms with Gasteiger partial charge in [-0.05, 0) is 37.4 Å². The third-order valence-electron chi connectivity index (χ3n) is 4.76. The summed E-state index contributed by atoms with van der Waals surface area (Å²) in [6, 6.07) is 11.6. The molecule has 3 heterocycles. The quantitative estimate of drug-likeness (QED) is 0.667. The van der Waals surface area contributed by atoms with E-state index in [1.165, 1.54) is 0 Å². The number of carbonyl (C=O) groups is 1. The molecule has 2 aromatic heterocycles. The number of aromatic nitrogens is 4. The molecule has 2 amide bonds. The third-order valence-corrected chi connectivity index (χ3v) is 5.49. The van der Waals surface area contributed by atoms with Gasteiger partial charge in [-0.15, -0.1) is 11.8 Å². The molecule has 3 aromatic rings. The molecule has 0 spiro atoms. The average molecular weight is 410 g/mol. The van der Waals surface area contributed by atoms with Crippen LogP contribution in [0.4, 0.5) is 16.3 Å². The normalized spacial score (nSPS) is 14.1. The maximum Gasteiger partial charge on any atom is 0.321 e. The molecule has 0 aliphatic carbocycles. The molecule has 4 rings (SSSR count). The van der Waals surface area contributed by atoms with Gasteiger partial charge in [-0.1, -0.05) is 6.07 Å². The van der Waals surface area contributed by atoms with E-state index in [0.717, 1.165) is 22.2 Å². The molecule has 1 aliphatic heterocycles. The van der Waals surface area contributed by atoms with Crippen molar-refractivity contribution >= 4 is 29.3 Å². The summed E-state index contributed by atoms with van der Waals surface area (Å²) in [6.07, 6.45) is 5.61. The second-order valence-corrected chi connectivity index (χ2v) is 7.60. The van der Waals surface area contributed by atoms with Gasteiger partial charge >= 0.3 is 6.03 Å². The Morgan fingerprint density at radius 3 is 2.59 bits per heavy atom. The minimum Gasteiger partial charge on any atom is -0.353 e. The average Bonchev–Trinajstić information content (AvgIpc) is 3.28. The number of amides is 2. The second-order valence-electron chi connectivity index (χ2n) is 6.72. The fraction of sp³-hybridized carbons (Fsp3) is 0.300. The number of anilines is 2. The van der Waals surface area contributed by atoms with Crippen LogP contribution >= 0.6 is 11.8 Å². The van der Waals surface area contributed by atoms with Gasteiger partial charge in [0.1, 0.15) is 11.6 Å². The standard InChI is InChI=1S/C20H23N7OS/c1-15-22-18(14-19(23-15)27-8-4-7-21-27)25-9-11-26(12-10-25)20(28)24-16-5-3-6-17(13-16)29-2/h3-8,13-14H,9-12H2,1-2H3,(H,24,28). The highest BCUT2D eigenvalue weighted by atomic mass is 32.2. The summed E-state index contributed by atoms with van der Waals surface area (Å²) in [4.78, 5) is 26.8. The minimum absolute atomic E-state index is 0.0704. The molecule has 8 nitrogen and oxygen atoms in total. The maximum atomic E-state index is 12.6. The van der Waals surface area contributed by atoms with Crippen molar-refractivity contribution in [2.45, 2.75) is 11.8 Å². The van der Waals surface area contributed by atoms with Gasteiger partial charge in [0, 0.05) is 55.2 Å². The SMILES string of the molecule is CSc1cccc(NC(=O)N2CCN(c3cc(-n4cccn4)nc(C)n3)CC2)c1. The maximum absolute atomic E-state index is 12.6. The number of rotatable bonds is 4. The van der Waals surface area contributed by atoms with E-state index in [4.69, 9.17) is 0 Å². The van der Waals surface area contributed by atoms with E-state index in [1.807, 2.05) is 60.7 Å². The molecule has 0 radical (unpaired) electrons. The van der Waals surface area contributed by atoms with Crippen LogP contribution in [0.1, 0.15) is 5.82 Å². The summed E-state index contributed by atoms with van der Waals surface area (Å²) in [5.74, 6) is 2.30. The van der Waals surface area contributed by atoms with E-state index in [-0.39, 0.29) is 6.03 Å². The van der Waals surface area contributed by atoms with Gasteiger partial charge in [0.05, 0.1) is 0 Å². The van der Waals surface area contributed by atoms with E-state index < -0.39 is 0 Å². The van der Waals surface area contributed by atoms with Crippen LogP contribution in [0.5, 0.6) is 0 Å². The number of aryl methyl sites for hydroxylation is 1. The molecule has 9 heteroatoms. The van der Waals surface area contributed by atoms with Crippen molar-refractivity contribution in [1.82, 2.24) is 24.6 Å². The van der Waals surface area contributed by atoms with Crippen LogP contribution in [-0.2, 0) is 0 Å². The molecule has 0 saturated carbocycles. The molecule has 1 aromatic carbocycles. The number of thioether (sulfide) groups is 1. The van der Waals surface area contributed by atoms with Crippen molar-refractivity contribution < 1.29 is 4.79 Å². The first-order valence-corrected chi connectivity index (χ1v) is 10.7. The fourth-order valence-electron chi connectivity index (χ4n) is 3.26. The van der Waals surface area contributed by atoms with Gasteiger partial charge in [-0.25, -0.2) is 19.4 Å². The molecule has 1 saturated heterocycles. The lowest BCUT2D eigenvalue weighted by Gasteiger charge is -2.35. The predicted molar refractivity (Wildman–Crippen MR) is 115 cm³/mol. The van der Waals surface area contributed by atoms with Crippen molar-refractivity contribution in [3.05, 3.63) is 54.6 Å². The first-order chi connectivity index (χ1) is 14.1. The molecular formula is C20H23N7OS. The molecule has 1 aliphatic rings. The first kappa shape index (κ1) is 19.3. The first-order valence-electron chi connectivity index (χ1n) is 9.43. The van der Waals surface area contributed by atoms with E-state index >= 15 is 0 Å². The summed E-state index contributed by atoms with van der Waals surface area (Å²) in [5, 5.41) is 7.24. The number of urea groups is 1. The Balaban J connectivity index is 1.40. The lowest BCUT2D eigenvalue weighted by molar-refractivity contribution is 0.208. The monoisotopic (exact) mass is 409 g/mol. The summed E-state index contributed by atoms with van der Waals surface area (Å²) in [5.41, 5.74) is 0.819. The smallest absolute Gasteiger partial charge is 0.321 e. The molecule has 29 heavy (non-hydrogen) atoms. The highest BCUT2D eigenvalue weighted by Gasteiger charge is 2.23. The second kappa shape index (κ2) is 8.52. The van der Waals surface area contributed by atoms with E-state index in [1.54, 1.807) is 22.6 Å².